The molecule has 0 bridgehead atoms. The van der Waals surface area contributed by atoms with Gasteiger partial charge in [0.05, 0.1) is 11.4 Å². The van der Waals surface area contributed by atoms with Gasteiger partial charge in [-0.15, -0.1) is 0 Å². The number of Topliss-reactive ketones (excluding diaryl/α,β-unsaturated/α-hetero) is 1. The van der Waals surface area contributed by atoms with Crippen LogP contribution in [0, 0.1) is 18.3 Å². The molecule has 0 aliphatic rings. The van der Waals surface area contributed by atoms with Crippen LogP contribution in [0.3, 0.4) is 0 Å². The van der Waals surface area contributed by atoms with Gasteiger partial charge >= 0.3 is 0 Å². The Labute approximate surface area is 155 Å². The van der Waals surface area contributed by atoms with Gasteiger partial charge in [-0.2, -0.15) is 10.4 Å². The number of nitriles is 1. The molecule has 7 nitrogen and oxygen atoms in total. The Balaban J connectivity index is 1.97. The van der Waals surface area contributed by atoms with Gasteiger partial charge in [0, 0.05) is 12.6 Å². The van der Waals surface area contributed by atoms with Crippen LogP contribution in [-0.4, -0.2) is 20.9 Å². The molecule has 2 aromatic carbocycles. The highest BCUT2D eigenvalue weighted by Gasteiger charge is 2.18. The third-order valence-electron chi connectivity index (χ3n) is 4.19. The van der Waals surface area contributed by atoms with Crippen molar-refractivity contribution in [2.45, 2.75) is 6.92 Å². The first-order chi connectivity index (χ1) is 13.0. The van der Waals surface area contributed by atoms with Crippen molar-refractivity contribution in [1.82, 2.24) is 9.36 Å². The summed E-state index contributed by atoms with van der Waals surface area (Å²) in [5, 5.41) is 13.2. The summed E-state index contributed by atoms with van der Waals surface area (Å²) >= 11 is 0. The van der Waals surface area contributed by atoms with Gasteiger partial charge in [-0.3, -0.25) is 19.7 Å². The molecule has 1 N–H and O–H groups in total. The number of hydrazone groups is 1. The van der Waals surface area contributed by atoms with E-state index >= 15 is 0 Å². The minimum absolute atomic E-state index is 0.204. The third-order valence-corrected chi connectivity index (χ3v) is 4.19. The molecule has 0 unspecified atom stereocenters. The van der Waals surface area contributed by atoms with Gasteiger partial charge in [-0.1, -0.05) is 48.5 Å². The number of rotatable bonds is 5. The van der Waals surface area contributed by atoms with Gasteiger partial charge in [-0.05, 0) is 19.1 Å². The number of benzene rings is 2. The van der Waals surface area contributed by atoms with E-state index in [1.165, 1.54) is 4.68 Å². The molecule has 27 heavy (non-hydrogen) atoms. The lowest BCUT2D eigenvalue weighted by Crippen LogP contribution is -2.21. The highest BCUT2D eigenvalue weighted by molar-refractivity contribution is 6.51. The lowest BCUT2D eigenvalue weighted by Gasteiger charge is -2.07. The predicted octanol–water partition coefficient (Wildman–Crippen LogP) is 2.66. The number of carbonyl (C=O) groups is 1. The minimum atomic E-state index is -0.512. The standard InChI is InChI=1S/C20H17N5O2/c1-14-18(20(27)25(24(14)2)16-11-7-4-8-12-16)23-22-17(13-21)19(26)15-9-5-3-6-10-15/h3-12,23H,1-2H3/b22-17+. The second kappa shape index (κ2) is 7.54. The molecule has 0 aliphatic heterocycles. The number of aromatic nitrogens is 2. The van der Waals surface area contributed by atoms with E-state index < -0.39 is 5.78 Å². The fourth-order valence-corrected chi connectivity index (χ4v) is 2.66. The first-order valence-electron chi connectivity index (χ1n) is 8.22. The van der Waals surface area contributed by atoms with E-state index in [0.717, 1.165) is 0 Å². The van der Waals surface area contributed by atoms with Gasteiger partial charge in [0.25, 0.3) is 5.56 Å². The Kier molecular flexibility index (Phi) is 4.99. The zero-order valence-electron chi connectivity index (χ0n) is 14.9. The van der Waals surface area contributed by atoms with Gasteiger partial charge in [0.1, 0.15) is 11.8 Å². The van der Waals surface area contributed by atoms with Crippen molar-refractivity contribution in [3.63, 3.8) is 0 Å². The van der Waals surface area contributed by atoms with Crippen molar-refractivity contribution in [2.24, 2.45) is 12.1 Å². The molecule has 134 valence electrons. The number of nitrogens with zero attached hydrogens (tertiary/aromatic N) is 4. The maximum Gasteiger partial charge on any atom is 0.296 e. The van der Waals surface area contributed by atoms with Crippen LogP contribution in [-0.2, 0) is 7.05 Å². The summed E-state index contributed by atoms with van der Waals surface area (Å²) in [5.74, 6) is -0.512. The number of ketones is 1. The summed E-state index contributed by atoms with van der Waals surface area (Å²) in [6, 6.07) is 19.3. The fourth-order valence-electron chi connectivity index (χ4n) is 2.66. The molecule has 0 amide bonds. The fraction of sp³-hybridized carbons (Fsp3) is 0.100. The molecular weight excluding hydrogens is 342 g/mol. The third kappa shape index (κ3) is 3.41. The first kappa shape index (κ1) is 17.9. The number of para-hydroxylation sites is 1. The Morgan fingerprint density at radius 2 is 1.67 bits per heavy atom. The summed E-state index contributed by atoms with van der Waals surface area (Å²) in [6.07, 6.45) is 0. The molecule has 0 spiro atoms. The molecule has 3 aromatic rings. The molecule has 0 radical (unpaired) electrons. The quantitative estimate of drug-likeness (QED) is 0.431. The Morgan fingerprint density at radius 1 is 1.07 bits per heavy atom. The Bertz CT molecular complexity index is 1100. The second-order valence-electron chi connectivity index (χ2n) is 5.82. The molecular formula is C20H17N5O2. The lowest BCUT2D eigenvalue weighted by atomic mass is 10.1. The number of nitrogens with one attached hydrogen (secondary N) is 1. The van der Waals surface area contributed by atoms with Crippen LogP contribution in [0.2, 0.25) is 0 Å². The average Bonchev–Trinajstić information content (AvgIpc) is 2.92. The number of carbonyl (C=O) groups excluding carboxylic acids is 1. The lowest BCUT2D eigenvalue weighted by molar-refractivity contribution is 0.106. The van der Waals surface area contributed by atoms with Crippen LogP contribution in [0.15, 0.2) is 70.6 Å². The summed E-state index contributed by atoms with van der Waals surface area (Å²) in [7, 11) is 1.75. The van der Waals surface area contributed by atoms with Crippen LogP contribution < -0.4 is 11.0 Å². The summed E-state index contributed by atoms with van der Waals surface area (Å²) in [6.45, 7) is 1.75. The molecule has 0 fully saturated rings. The number of anilines is 1. The molecule has 0 saturated carbocycles. The molecule has 3 rings (SSSR count). The molecule has 0 saturated heterocycles. The Morgan fingerprint density at radius 3 is 2.26 bits per heavy atom. The average molecular weight is 359 g/mol. The molecule has 1 aromatic heterocycles. The number of hydrogen-bond acceptors (Lipinski definition) is 5. The second-order valence-corrected chi connectivity index (χ2v) is 5.82. The van der Waals surface area contributed by atoms with Crippen molar-refractivity contribution in [1.29, 1.82) is 5.26 Å². The first-order valence-corrected chi connectivity index (χ1v) is 8.22. The molecule has 7 heteroatoms. The van der Waals surface area contributed by atoms with Gasteiger partial charge in [-0.25, -0.2) is 4.68 Å². The van der Waals surface area contributed by atoms with Crippen molar-refractivity contribution in [3.8, 4) is 11.8 Å². The maximum atomic E-state index is 12.8. The van der Waals surface area contributed by atoms with E-state index in [2.05, 4.69) is 10.5 Å². The van der Waals surface area contributed by atoms with E-state index in [-0.39, 0.29) is 17.0 Å². The van der Waals surface area contributed by atoms with Crippen LogP contribution in [0.4, 0.5) is 5.69 Å². The normalized spacial score (nSPS) is 11.1. The van der Waals surface area contributed by atoms with Crippen LogP contribution >= 0.6 is 0 Å². The summed E-state index contributed by atoms with van der Waals surface area (Å²) in [5.41, 5.74) is 3.83. The highest BCUT2D eigenvalue weighted by atomic mass is 16.1. The van der Waals surface area contributed by atoms with Gasteiger partial charge in [0.15, 0.2) is 0 Å². The van der Waals surface area contributed by atoms with E-state index in [9.17, 15) is 14.9 Å². The monoisotopic (exact) mass is 359 g/mol. The van der Waals surface area contributed by atoms with Crippen molar-refractivity contribution < 1.29 is 4.79 Å². The van der Waals surface area contributed by atoms with Crippen molar-refractivity contribution in [3.05, 3.63) is 82.3 Å². The Hall–Kier alpha value is -3.92. The van der Waals surface area contributed by atoms with Crippen molar-refractivity contribution in [2.75, 3.05) is 5.43 Å². The topological polar surface area (TPSA) is 92.2 Å². The van der Waals surface area contributed by atoms with E-state index in [4.69, 9.17) is 0 Å². The van der Waals surface area contributed by atoms with E-state index in [0.29, 0.717) is 16.9 Å². The maximum absolute atomic E-state index is 12.8. The van der Waals surface area contributed by atoms with Crippen LogP contribution in [0.5, 0.6) is 0 Å². The molecule has 1 heterocycles. The summed E-state index contributed by atoms with van der Waals surface area (Å²) in [4.78, 5) is 25.2. The van der Waals surface area contributed by atoms with E-state index in [1.807, 2.05) is 30.3 Å². The smallest absolute Gasteiger partial charge is 0.286 e. The predicted molar refractivity (Wildman–Crippen MR) is 103 cm³/mol. The van der Waals surface area contributed by atoms with Crippen LogP contribution in [0.1, 0.15) is 16.1 Å². The highest BCUT2D eigenvalue weighted by Crippen LogP contribution is 2.14. The van der Waals surface area contributed by atoms with Crippen molar-refractivity contribution >= 4 is 17.2 Å². The zero-order chi connectivity index (χ0) is 19.4. The number of hydrogen-bond donors (Lipinski definition) is 1. The zero-order valence-corrected chi connectivity index (χ0v) is 14.9. The molecule has 0 atom stereocenters. The largest absolute Gasteiger partial charge is 0.296 e. The van der Waals surface area contributed by atoms with Gasteiger partial charge in [0.2, 0.25) is 11.5 Å². The SMILES string of the molecule is Cc1c(N/N=C(\C#N)C(=O)c2ccccc2)c(=O)n(-c2ccccc2)n1C. The minimum Gasteiger partial charge on any atom is -0.286 e. The molecule has 0 aliphatic carbocycles. The van der Waals surface area contributed by atoms with Crippen LogP contribution in [0.25, 0.3) is 5.69 Å². The van der Waals surface area contributed by atoms with E-state index in [1.54, 1.807) is 55.1 Å². The summed E-state index contributed by atoms with van der Waals surface area (Å²) < 4.78 is 3.17. The van der Waals surface area contributed by atoms with Gasteiger partial charge < -0.3 is 0 Å².